The molecular weight excluding hydrogens is 268 g/mol. The van der Waals surface area contributed by atoms with E-state index < -0.39 is 0 Å². The molecule has 114 valence electrons. The van der Waals surface area contributed by atoms with Gasteiger partial charge in [-0.05, 0) is 44.4 Å². The van der Waals surface area contributed by atoms with Crippen molar-refractivity contribution in [1.29, 1.82) is 0 Å². The van der Waals surface area contributed by atoms with E-state index in [1.807, 2.05) is 6.92 Å². The zero-order chi connectivity index (χ0) is 14.4. The third-order valence-electron chi connectivity index (χ3n) is 5.07. The lowest BCUT2D eigenvalue weighted by molar-refractivity contribution is 0.0511. The van der Waals surface area contributed by atoms with Crippen molar-refractivity contribution in [3.05, 3.63) is 17.0 Å². The highest BCUT2D eigenvalue weighted by molar-refractivity contribution is 5.89. The molecule has 5 heteroatoms. The molecule has 1 aromatic heterocycles. The lowest BCUT2D eigenvalue weighted by Crippen LogP contribution is -2.22. The van der Waals surface area contributed by atoms with Crippen LogP contribution in [-0.4, -0.2) is 35.6 Å². The van der Waals surface area contributed by atoms with Gasteiger partial charge in [-0.2, -0.15) is 5.10 Å². The first-order valence-electron chi connectivity index (χ1n) is 8.12. The molecule has 1 saturated carbocycles. The smallest absolute Gasteiger partial charge is 0.359 e. The summed E-state index contributed by atoms with van der Waals surface area (Å²) in [5, 5.41) is 4.62. The number of carbonyl (C=O) groups is 1. The van der Waals surface area contributed by atoms with Crippen LogP contribution in [0.3, 0.4) is 0 Å². The SMILES string of the molecule is CCOC(=O)c1nn(CC2CCOCC2)c2c1C[C@H]1C[C@@H]21. The second-order valence-electron chi connectivity index (χ2n) is 6.48. The molecule has 1 aromatic rings. The number of ether oxygens (including phenoxy) is 2. The molecule has 2 heterocycles. The molecule has 0 amide bonds. The van der Waals surface area contributed by atoms with Gasteiger partial charge in [0, 0.05) is 36.9 Å². The molecule has 1 saturated heterocycles. The van der Waals surface area contributed by atoms with E-state index in [2.05, 4.69) is 9.78 Å². The van der Waals surface area contributed by atoms with Crippen LogP contribution in [-0.2, 0) is 22.4 Å². The van der Waals surface area contributed by atoms with Crippen LogP contribution in [0, 0.1) is 11.8 Å². The maximum atomic E-state index is 12.1. The van der Waals surface area contributed by atoms with E-state index in [4.69, 9.17) is 9.47 Å². The highest BCUT2D eigenvalue weighted by Gasteiger charge is 2.50. The number of rotatable bonds is 4. The Morgan fingerprint density at radius 3 is 3.00 bits per heavy atom. The number of fused-ring (bicyclic) bond motifs is 3. The largest absolute Gasteiger partial charge is 0.461 e. The predicted octanol–water partition coefficient (Wildman–Crippen LogP) is 2.15. The van der Waals surface area contributed by atoms with Gasteiger partial charge in [0.2, 0.25) is 0 Å². The Morgan fingerprint density at radius 2 is 2.24 bits per heavy atom. The van der Waals surface area contributed by atoms with E-state index >= 15 is 0 Å². The molecule has 0 unspecified atom stereocenters. The van der Waals surface area contributed by atoms with Gasteiger partial charge in [-0.1, -0.05) is 0 Å². The fourth-order valence-corrected chi connectivity index (χ4v) is 3.87. The Bertz CT molecular complexity index is 560. The standard InChI is InChI=1S/C16H22N2O3/c1-2-21-16(19)14-13-8-11-7-12(11)15(13)18(17-14)9-10-3-5-20-6-4-10/h10-12H,2-9H2,1H3/t11-,12-/m1/s1. The van der Waals surface area contributed by atoms with Gasteiger partial charge in [-0.25, -0.2) is 4.79 Å². The third kappa shape index (κ3) is 2.27. The monoisotopic (exact) mass is 290 g/mol. The van der Waals surface area contributed by atoms with Crippen LogP contribution < -0.4 is 0 Å². The van der Waals surface area contributed by atoms with E-state index in [0.717, 1.165) is 44.9 Å². The van der Waals surface area contributed by atoms with E-state index in [1.54, 1.807) is 0 Å². The van der Waals surface area contributed by atoms with Crippen LogP contribution >= 0.6 is 0 Å². The van der Waals surface area contributed by atoms with E-state index in [9.17, 15) is 4.79 Å². The maximum Gasteiger partial charge on any atom is 0.359 e. The van der Waals surface area contributed by atoms with Crippen LogP contribution in [0.4, 0.5) is 0 Å². The van der Waals surface area contributed by atoms with Gasteiger partial charge in [-0.3, -0.25) is 4.68 Å². The van der Waals surface area contributed by atoms with Crippen molar-refractivity contribution >= 4 is 5.97 Å². The molecule has 0 bridgehead atoms. The second-order valence-corrected chi connectivity index (χ2v) is 6.48. The molecule has 1 aliphatic heterocycles. The fraction of sp³-hybridized carbons (Fsp3) is 0.750. The third-order valence-corrected chi connectivity index (χ3v) is 5.07. The highest BCUT2D eigenvalue weighted by atomic mass is 16.5. The van der Waals surface area contributed by atoms with Crippen LogP contribution in [0.5, 0.6) is 0 Å². The molecule has 0 N–H and O–H groups in total. The number of esters is 1. The van der Waals surface area contributed by atoms with Crippen molar-refractivity contribution in [2.75, 3.05) is 19.8 Å². The summed E-state index contributed by atoms with van der Waals surface area (Å²) in [6, 6.07) is 0. The Hall–Kier alpha value is -1.36. The molecule has 21 heavy (non-hydrogen) atoms. The summed E-state index contributed by atoms with van der Waals surface area (Å²) in [6.07, 6.45) is 4.48. The lowest BCUT2D eigenvalue weighted by atomic mass is 10.0. The van der Waals surface area contributed by atoms with Gasteiger partial charge < -0.3 is 9.47 Å². The van der Waals surface area contributed by atoms with Crippen molar-refractivity contribution < 1.29 is 14.3 Å². The second kappa shape index (κ2) is 5.13. The Morgan fingerprint density at radius 1 is 1.43 bits per heavy atom. The van der Waals surface area contributed by atoms with Crippen LogP contribution in [0.15, 0.2) is 0 Å². The van der Waals surface area contributed by atoms with Crippen LogP contribution in [0.25, 0.3) is 0 Å². The van der Waals surface area contributed by atoms with Crippen LogP contribution in [0.1, 0.15) is 53.8 Å². The molecule has 2 atom stereocenters. The molecule has 2 aliphatic carbocycles. The first-order valence-corrected chi connectivity index (χ1v) is 8.12. The summed E-state index contributed by atoms with van der Waals surface area (Å²) in [6.45, 7) is 4.88. The molecular formula is C16H22N2O3. The molecule has 0 spiro atoms. The van der Waals surface area contributed by atoms with Crippen molar-refractivity contribution in [1.82, 2.24) is 9.78 Å². The minimum atomic E-state index is -0.249. The summed E-state index contributed by atoms with van der Waals surface area (Å²) >= 11 is 0. The molecule has 2 fully saturated rings. The zero-order valence-electron chi connectivity index (χ0n) is 12.5. The van der Waals surface area contributed by atoms with Gasteiger partial charge >= 0.3 is 5.97 Å². The van der Waals surface area contributed by atoms with E-state index in [0.29, 0.717) is 24.1 Å². The summed E-state index contributed by atoms with van der Waals surface area (Å²) in [7, 11) is 0. The van der Waals surface area contributed by atoms with Crippen molar-refractivity contribution in [2.45, 2.75) is 45.1 Å². The summed E-state index contributed by atoms with van der Waals surface area (Å²) in [4.78, 5) is 12.1. The predicted molar refractivity (Wildman–Crippen MR) is 76.3 cm³/mol. The lowest BCUT2D eigenvalue weighted by Gasteiger charge is -2.22. The Balaban J connectivity index is 1.61. The van der Waals surface area contributed by atoms with Gasteiger partial charge in [0.25, 0.3) is 0 Å². The average molecular weight is 290 g/mol. The molecule has 0 aromatic carbocycles. The number of hydrogen-bond acceptors (Lipinski definition) is 4. The van der Waals surface area contributed by atoms with Gasteiger partial charge in [0.15, 0.2) is 5.69 Å². The summed E-state index contributed by atoms with van der Waals surface area (Å²) < 4.78 is 12.7. The molecule has 4 rings (SSSR count). The topological polar surface area (TPSA) is 53.3 Å². The Kier molecular flexibility index (Phi) is 3.25. The first kappa shape index (κ1) is 13.3. The average Bonchev–Trinajstić information content (AvgIpc) is 3.01. The van der Waals surface area contributed by atoms with Gasteiger partial charge in [-0.15, -0.1) is 0 Å². The van der Waals surface area contributed by atoms with Crippen molar-refractivity contribution in [3.8, 4) is 0 Å². The fourth-order valence-electron chi connectivity index (χ4n) is 3.87. The van der Waals surface area contributed by atoms with Gasteiger partial charge in [0.1, 0.15) is 0 Å². The van der Waals surface area contributed by atoms with Crippen molar-refractivity contribution in [2.24, 2.45) is 11.8 Å². The minimum absolute atomic E-state index is 0.249. The highest BCUT2D eigenvalue weighted by Crippen LogP contribution is 2.57. The normalized spacial score (nSPS) is 27.3. The molecule has 5 nitrogen and oxygen atoms in total. The number of nitrogens with zero attached hydrogens (tertiary/aromatic N) is 2. The molecule has 0 radical (unpaired) electrons. The first-order chi connectivity index (χ1) is 10.3. The minimum Gasteiger partial charge on any atom is -0.461 e. The Labute approximate surface area is 124 Å². The van der Waals surface area contributed by atoms with Gasteiger partial charge in [0.05, 0.1) is 6.61 Å². The van der Waals surface area contributed by atoms with E-state index in [1.165, 1.54) is 17.7 Å². The van der Waals surface area contributed by atoms with Crippen LogP contribution in [0.2, 0.25) is 0 Å². The number of hydrogen-bond donors (Lipinski definition) is 0. The maximum absolute atomic E-state index is 12.1. The van der Waals surface area contributed by atoms with Crippen molar-refractivity contribution in [3.63, 3.8) is 0 Å². The van der Waals surface area contributed by atoms with E-state index in [-0.39, 0.29) is 5.97 Å². The zero-order valence-corrected chi connectivity index (χ0v) is 12.5. The quantitative estimate of drug-likeness (QED) is 0.797. The summed E-state index contributed by atoms with van der Waals surface area (Å²) in [5.41, 5.74) is 3.07. The number of aromatic nitrogens is 2. The molecule has 3 aliphatic rings. The number of carbonyl (C=O) groups excluding carboxylic acids is 1. The summed E-state index contributed by atoms with van der Waals surface area (Å²) in [5.74, 6) is 1.78.